The number of rotatable bonds is 4. The molecule has 0 bridgehead atoms. The van der Waals surface area contributed by atoms with Gasteiger partial charge in [-0.15, -0.1) is 0 Å². The first-order valence-electron chi connectivity index (χ1n) is 6.67. The summed E-state index contributed by atoms with van der Waals surface area (Å²) in [5, 5.41) is 8.88. The largest absolute Gasteiger partial charge is 0.481 e. The summed E-state index contributed by atoms with van der Waals surface area (Å²) in [6, 6.07) is 0. The van der Waals surface area contributed by atoms with Crippen LogP contribution in [-0.2, 0) is 9.59 Å². The van der Waals surface area contributed by atoms with E-state index in [9.17, 15) is 9.59 Å². The fourth-order valence-corrected chi connectivity index (χ4v) is 2.97. The predicted molar refractivity (Wildman–Crippen MR) is 63.5 cm³/mol. The lowest BCUT2D eigenvalue weighted by Gasteiger charge is -2.17. The van der Waals surface area contributed by atoms with Crippen molar-refractivity contribution in [1.82, 2.24) is 4.90 Å². The van der Waals surface area contributed by atoms with Crippen LogP contribution in [-0.4, -0.2) is 35.0 Å². The summed E-state index contributed by atoms with van der Waals surface area (Å²) in [7, 11) is 0. The first-order chi connectivity index (χ1) is 8.16. The molecule has 96 valence electrons. The molecule has 2 rings (SSSR count). The molecule has 1 saturated heterocycles. The second-order valence-corrected chi connectivity index (χ2v) is 5.35. The Kier molecular flexibility index (Phi) is 4.02. The molecule has 2 fully saturated rings. The number of nitrogens with zero attached hydrogens (tertiary/aromatic N) is 1. The Labute approximate surface area is 102 Å². The SMILES string of the molecule is O=C(O)[C@H]1CCN(C(=O)CCC2CCCC2)C1. The second kappa shape index (κ2) is 5.52. The summed E-state index contributed by atoms with van der Waals surface area (Å²) in [5.41, 5.74) is 0. The lowest BCUT2D eigenvalue weighted by atomic mass is 10.0. The average molecular weight is 239 g/mol. The molecule has 1 amide bonds. The maximum Gasteiger partial charge on any atom is 0.308 e. The highest BCUT2D eigenvalue weighted by Gasteiger charge is 2.30. The van der Waals surface area contributed by atoms with Gasteiger partial charge in [0.15, 0.2) is 0 Å². The molecular formula is C13H21NO3. The Bertz CT molecular complexity index is 297. The molecule has 17 heavy (non-hydrogen) atoms. The van der Waals surface area contributed by atoms with Gasteiger partial charge in [-0.25, -0.2) is 0 Å². The lowest BCUT2D eigenvalue weighted by Crippen LogP contribution is -2.30. The van der Waals surface area contributed by atoms with Gasteiger partial charge in [0.2, 0.25) is 5.91 Å². The van der Waals surface area contributed by atoms with E-state index in [2.05, 4.69) is 0 Å². The van der Waals surface area contributed by atoms with Gasteiger partial charge in [0.05, 0.1) is 5.92 Å². The summed E-state index contributed by atoms with van der Waals surface area (Å²) in [6.07, 6.45) is 7.37. The zero-order valence-electron chi connectivity index (χ0n) is 10.2. The quantitative estimate of drug-likeness (QED) is 0.815. The molecule has 4 heteroatoms. The molecule has 1 heterocycles. The standard InChI is InChI=1S/C13H21NO3/c15-12(6-5-10-3-1-2-4-10)14-8-7-11(9-14)13(16)17/h10-11H,1-9H2,(H,16,17)/t11-/m0/s1. The van der Waals surface area contributed by atoms with Crippen molar-refractivity contribution in [3.05, 3.63) is 0 Å². The highest BCUT2D eigenvalue weighted by molar-refractivity contribution is 5.78. The molecular weight excluding hydrogens is 218 g/mol. The van der Waals surface area contributed by atoms with Gasteiger partial charge in [0.25, 0.3) is 0 Å². The van der Waals surface area contributed by atoms with Gasteiger partial charge in [-0.1, -0.05) is 25.7 Å². The fourth-order valence-electron chi connectivity index (χ4n) is 2.97. The molecule has 1 aliphatic heterocycles. The molecule has 0 unspecified atom stereocenters. The molecule has 0 aromatic heterocycles. The highest BCUT2D eigenvalue weighted by atomic mass is 16.4. The Hall–Kier alpha value is -1.06. The average Bonchev–Trinajstić information content (AvgIpc) is 2.96. The number of carboxylic acids is 1. The third-order valence-electron chi connectivity index (χ3n) is 4.13. The van der Waals surface area contributed by atoms with E-state index >= 15 is 0 Å². The van der Waals surface area contributed by atoms with Crippen LogP contribution in [0.3, 0.4) is 0 Å². The molecule has 4 nitrogen and oxygen atoms in total. The Morgan fingerprint density at radius 3 is 2.47 bits per heavy atom. The molecule has 1 N–H and O–H groups in total. The number of hydrogen-bond acceptors (Lipinski definition) is 2. The van der Waals surface area contributed by atoms with Crippen LogP contribution < -0.4 is 0 Å². The zero-order chi connectivity index (χ0) is 12.3. The van der Waals surface area contributed by atoms with Gasteiger partial charge in [-0.2, -0.15) is 0 Å². The van der Waals surface area contributed by atoms with E-state index in [4.69, 9.17) is 5.11 Å². The van der Waals surface area contributed by atoms with E-state index in [1.54, 1.807) is 4.90 Å². The second-order valence-electron chi connectivity index (χ2n) is 5.35. The van der Waals surface area contributed by atoms with Crippen LogP contribution in [0, 0.1) is 11.8 Å². The zero-order valence-corrected chi connectivity index (χ0v) is 10.2. The number of aliphatic carboxylic acids is 1. The summed E-state index contributed by atoms with van der Waals surface area (Å²) in [5.74, 6) is -0.223. The van der Waals surface area contributed by atoms with E-state index in [0.29, 0.717) is 25.9 Å². The third kappa shape index (κ3) is 3.20. The van der Waals surface area contributed by atoms with Gasteiger partial charge in [-0.3, -0.25) is 9.59 Å². The normalized spacial score (nSPS) is 25.4. The van der Waals surface area contributed by atoms with Crippen molar-refractivity contribution < 1.29 is 14.7 Å². The van der Waals surface area contributed by atoms with Crippen molar-refractivity contribution in [3.63, 3.8) is 0 Å². The van der Waals surface area contributed by atoms with Crippen molar-refractivity contribution in [2.75, 3.05) is 13.1 Å². The molecule has 1 saturated carbocycles. The summed E-state index contributed by atoms with van der Waals surface area (Å²) < 4.78 is 0. The van der Waals surface area contributed by atoms with Crippen molar-refractivity contribution >= 4 is 11.9 Å². The first kappa shape index (κ1) is 12.4. The van der Waals surface area contributed by atoms with Crippen LogP contribution in [0.4, 0.5) is 0 Å². The number of carbonyl (C=O) groups is 2. The molecule has 1 atom stereocenters. The van der Waals surface area contributed by atoms with E-state index in [-0.39, 0.29) is 11.8 Å². The van der Waals surface area contributed by atoms with Crippen LogP contribution in [0.25, 0.3) is 0 Å². The topological polar surface area (TPSA) is 57.6 Å². The van der Waals surface area contributed by atoms with Crippen LogP contribution in [0.1, 0.15) is 44.9 Å². The Balaban J connectivity index is 1.71. The Morgan fingerprint density at radius 2 is 1.88 bits per heavy atom. The van der Waals surface area contributed by atoms with Crippen molar-refractivity contribution in [1.29, 1.82) is 0 Å². The molecule has 0 aromatic rings. The number of hydrogen-bond donors (Lipinski definition) is 1. The number of carbonyl (C=O) groups excluding carboxylic acids is 1. The number of likely N-dealkylation sites (tertiary alicyclic amines) is 1. The van der Waals surface area contributed by atoms with Crippen molar-refractivity contribution in [2.45, 2.75) is 44.9 Å². The summed E-state index contributed by atoms with van der Waals surface area (Å²) in [6.45, 7) is 1.04. The van der Waals surface area contributed by atoms with E-state index < -0.39 is 5.97 Å². The Morgan fingerprint density at radius 1 is 1.18 bits per heavy atom. The van der Waals surface area contributed by atoms with Crippen LogP contribution in [0.15, 0.2) is 0 Å². The molecule has 1 aliphatic carbocycles. The predicted octanol–water partition coefficient (Wildman–Crippen LogP) is 1.89. The van der Waals surface area contributed by atoms with Gasteiger partial charge in [0, 0.05) is 19.5 Å². The minimum Gasteiger partial charge on any atom is -0.481 e. The maximum atomic E-state index is 11.9. The van der Waals surface area contributed by atoms with Crippen LogP contribution in [0.2, 0.25) is 0 Å². The number of carboxylic acid groups (broad SMARTS) is 1. The highest BCUT2D eigenvalue weighted by Crippen LogP contribution is 2.29. The smallest absolute Gasteiger partial charge is 0.308 e. The molecule has 0 aromatic carbocycles. The molecule has 0 radical (unpaired) electrons. The van der Waals surface area contributed by atoms with Crippen molar-refractivity contribution in [3.8, 4) is 0 Å². The minimum absolute atomic E-state index is 0.153. The van der Waals surface area contributed by atoms with E-state index in [0.717, 1.165) is 12.3 Å². The van der Waals surface area contributed by atoms with Gasteiger partial charge < -0.3 is 10.0 Å². The van der Waals surface area contributed by atoms with Crippen LogP contribution >= 0.6 is 0 Å². The lowest BCUT2D eigenvalue weighted by molar-refractivity contribution is -0.141. The minimum atomic E-state index is -0.768. The van der Waals surface area contributed by atoms with Gasteiger partial charge in [-0.05, 0) is 18.8 Å². The van der Waals surface area contributed by atoms with Gasteiger partial charge >= 0.3 is 5.97 Å². The first-order valence-corrected chi connectivity index (χ1v) is 6.67. The van der Waals surface area contributed by atoms with Crippen LogP contribution in [0.5, 0.6) is 0 Å². The summed E-state index contributed by atoms with van der Waals surface area (Å²) >= 11 is 0. The maximum absolute atomic E-state index is 11.9. The molecule has 2 aliphatic rings. The third-order valence-corrected chi connectivity index (χ3v) is 4.13. The van der Waals surface area contributed by atoms with Gasteiger partial charge in [0.1, 0.15) is 0 Å². The van der Waals surface area contributed by atoms with E-state index in [1.807, 2.05) is 0 Å². The molecule has 0 spiro atoms. The summed E-state index contributed by atoms with van der Waals surface area (Å²) in [4.78, 5) is 24.4. The van der Waals surface area contributed by atoms with E-state index in [1.165, 1.54) is 25.7 Å². The monoisotopic (exact) mass is 239 g/mol. The number of amides is 1. The van der Waals surface area contributed by atoms with Crippen molar-refractivity contribution in [2.24, 2.45) is 11.8 Å². The fraction of sp³-hybridized carbons (Fsp3) is 0.846.